The van der Waals surface area contributed by atoms with Gasteiger partial charge in [0.05, 0.1) is 4.92 Å². The van der Waals surface area contributed by atoms with Gasteiger partial charge in [-0.2, -0.15) is 0 Å². The highest BCUT2D eigenvalue weighted by molar-refractivity contribution is 5.68. The third kappa shape index (κ3) is 4.10. The molecule has 1 aromatic carbocycles. The van der Waals surface area contributed by atoms with Crippen LogP contribution in [0.1, 0.15) is 5.56 Å². The molecule has 25 heavy (non-hydrogen) atoms. The standard InChI is InChI=1S/C17H20N6O2/c18-16-15(23(24)25)17(20-13-19-16)22-11-9-21(10-12-22)8-4-7-14-5-2-1-3-6-14/h1-7,13H,8-12H2,(H2,18,19,20)/b7-4+. The molecule has 2 aromatic rings. The van der Waals surface area contributed by atoms with E-state index in [2.05, 4.69) is 39.2 Å². The van der Waals surface area contributed by atoms with Crippen LogP contribution < -0.4 is 10.6 Å². The second kappa shape index (κ2) is 7.71. The van der Waals surface area contributed by atoms with Gasteiger partial charge in [-0.25, -0.2) is 9.97 Å². The number of anilines is 2. The Morgan fingerprint density at radius 2 is 1.88 bits per heavy atom. The van der Waals surface area contributed by atoms with Gasteiger partial charge in [-0.3, -0.25) is 15.0 Å². The van der Waals surface area contributed by atoms with E-state index in [0.717, 1.165) is 19.6 Å². The van der Waals surface area contributed by atoms with Crippen molar-refractivity contribution in [2.45, 2.75) is 0 Å². The number of nitrogens with zero attached hydrogens (tertiary/aromatic N) is 5. The number of piperazine rings is 1. The van der Waals surface area contributed by atoms with Crippen molar-refractivity contribution in [3.8, 4) is 0 Å². The molecule has 130 valence electrons. The van der Waals surface area contributed by atoms with Crippen molar-refractivity contribution < 1.29 is 4.92 Å². The highest BCUT2D eigenvalue weighted by atomic mass is 16.6. The Kier molecular flexibility index (Phi) is 5.20. The average molecular weight is 340 g/mol. The van der Waals surface area contributed by atoms with E-state index in [1.807, 2.05) is 23.1 Å². The molecule has 0 spiro atoms. The third-order valence-electron chi connectivity index (χ3n) is 4.16. The zero-order valence-electron chi connectivity index (χ0n) is 13.8. The zero-order chi connectivity index (χ0) is 17.6. The summed E-state index contributed by atoms with van der Waals surface area (Å²) in [5, 5.41) is 11.2. The maximum atomic E-state index is 11.2. The molecule has 0 radical (unpaired) electrons. The van der Waals surface area contributed by atoms with E-state index >= 15 is 0 Å². The van der Waals surface area contributed by atoms with Crippen LogP contribution in [-0.4, -0.2) is 52.5 Å². The minimum atomic E-state index is -0.514. The van der Waals surface area contributed by atoms with Gasteiger partial charge >= 0.3 is 5.69 Å². The Morgan fingerprint density at radius 3 is 2.56 bits per heavy atom. The summed E-state index contributed by atoms with van der Waals surface area (Å²) in [6, 6.07) is 10.1. The fourth-order valence-corrected chi connectivity index (χ4v) is 2.83. The molecule has 0 aliphatic carbocycles. The monoisotopic (exact) mass is 340 g/mol. The second-order valence-corrected chi connectivity index (χ2v) is 5.79. The van der Waals surface area contributed by atoms with E-state index in [0.29, 0.717) is 18.9 Å². The summed E-state index contributed by atoms with van der Waals surface area (Å²) in [6.45, 7) is 3.78. The van der Waals surface area contributed by atoms with E-state index < -0.39 is 4.92 Å². The molecule has 2 heterocycles. The average Bonchev–Trinajstić information content (AvgIpc) is 2.63. The van der Waals surface area contributed by atoms with Crippen molar-refractivity contribution in [1.82, 2.24) is 14.9 Å². The molecule has 0 atom stereocenters. The summed E-state index contributed by atoms with van der Waals surface area (Å²) in [7, 11) is 0. The Hall–Kier alpha value is -3.00. The Bertz CT molecular complexity index is 757. The van der Waals surface area contributed by atoms with Gasteiger partial charge in [-0.05, 0) is 5.56 Å². The maximum absolute atomic E-state index is 11.2. The minimum Gasteiger partial charge on any atom is -0.378 e. The molecule has 1 aromatic heterocycles. The molecule has 1 saturated heterocycles. The van der Waals surface area contributed by atoms with Gasteiger partial charge in [0.2, 0.25) is 11.6 Å². The van der Waals surface area contributed by atoms with Gasteiger partial charge in [-0.15, -0.1) is 0 Å². The lowest BCUT2D eigenvalue weighted by Gasteiger charge is -2.34. The summed E-state index contributed by atoms with van der Waals surface area (Å²) < 4.78 is 0. The van der Waals surface area contributed by atoms with Crippen molar-refractivity contribution in [2.24, 2.45) is 0 Å². The van der Waals surface area contributed by atoms with Crippen LogP contribution in [0.2, 0.25) is 0 Å². The normalized spacial score (nSPS) is 15.6. The second-order valence-electron chi connectivity index (χ2n) is 5.79. The van der Waals surface area contributed by atoms with E-state index in [4.69, 9.17) is 5.73 Å². The number of benzene rings is 1. The van der Waals surface area contributed by atoms with Gasteiger partial charge in [0, 0.05) is 32.7 Å². The van der Waals surface area contributed by atoms with E-state index in [-0.39, 0.29) is 11.5 Å². The molecule has 1 aliphatic heterocycles. The summed E-state index contributed by atoms with van der Waals surface area (Å²) in [5.74, 6) is 0.209. The largest absolute Gasteiger partial charge is 0.378 e. The van der Waals surface area contributed by atoms with Crippen LogP contribution in [0, 0.1) is 10.1 Å². The van der Waals surface area contributed by atoms with Crippen molar-refractivity contribution in [3.05, 3.63) is 58.4 Å². The number of nitrogens with two attached hydrogens (primary N) is 1. The molecule has 2 N–H and O–H groups in total. The number of nitrogen functional groups attached to an aromatic ring is 1. The van der Waals surface area contributed by atoms with Crippen LogP contribution in [0.15, 0.2) is 42.7 Å². The van der Waals surface area contributed by atoms with Gasteiger partial charge in [0.15, 0.2) is 0 Å². The number of hydrogen-bond acceptors (Lipinski definition) is 7. The summed E-state index contributed by atoms with van der Waals surface area (Å²) in [5.41, 5.74) is 6.60. The van der Waals surface area contributed by atoms with Gasteiger partial charge in [0.1, 0.15) is 6.33 Å². The summed E-state index contributed by atoms with van der Waals surface area (Å²) in [6.07, 6.45) is 5.51. The number of aromatic nitrogens is 2. The molecule has 3 rings (SSSR count). The number of nitro groups is 1. The van der Waals surface area contributed by atoms with Gasteiger partial charge < -0.3 is 10.6 Å². The maximum Gasteiger partial charge on any atom is 0.353 e. The van der Waals surface area contributed by atoms with E-state index in [1.54, 1.807) is 0 Å². The first-order valence-corrected chi connectivity index (χ1v) is 8.09. The van der Waals surface area contributed by atoms with E-state index in [1.165, 1.54) is 11.9 Å². The SMILES string of the molecule is Nc1ncnc(N2CCN(C/C=C/c3ccccc3)CC2)c1[N+](=O)[O-]. The Morgan fingerprint density at radius 1 is 1.16 bits per heavy atom. The van der Waals surface area contributed by atoms with Crippen LogP contribution >= 0.6 is 0 Å². The van der Waals surface area contributed by atoms with Crippen molar-refractivity contribution in [3.63, 3.8) is 0 Å². The molecule has 0 bridgehead atoms. The topological polar surface area (TPSA) is 101 Å². The summed E-state index contributed by atoms with van der Waals surface area (Å²) >= 11 is 0. The predicted molar refractivity (Wildman–Crippen MR) is 97.2 cm³/mol. The van der Waals surface area contributed by atoms with Crippen LogP contribution in [0.3, 0.4) is 0 Å². The van der Waals surface area contributed by atoms with Gasteiger partial charge in [0.25, 0.3) is 0 Å². The predicted octanol–water partition coefficient (Wildman–Crippen LogP) is 1.80. The first-order valence-electron chi connectivity index (χ1n) is 8.09. The molecular weight excluding hydrogens is 320 g/mol. The lowest BCUT2D eigenvalue weighted by molar-refractivity contribution is -0.383. The fraction of sp³-hybridized carbons (Fsp3) is 0.294. The van der Waals surface area contributed by atoms with Crippen LogP contribution in [0.25, 0.3) is 6.08 Å². The first kappa shape index (κ1) is 16.8. The lowest BCUT2D eigenvalue weighted by atomic mass is 10.2. The fourth-order valence-electron chi connectivity index (χ4n) is 2.83. The molecular formula is C17H20N6O2. The molecule has 8 heteroatoms. The quantitative estimate of drug-likeness (QED) is 0.654. The smallest absolute Gasteiger partial charge is 0.353 e. The van der Waals surface area contributed by atoms with Crippen molar-refractivity contribution in [1.29, 1.82) is 0 Å². The van der Waals surface area contributed by atoms with Gasteiger partial charge in [-0.1, -0.05) is 42.5 Å². The summed E-state index contributed by atoms with van der Waals surface area (Å²) in [4.78, 5) is 22.7. The molecule has 1 fully saturated rings. The van der Waals surface area contributed by atoms with Crippen molar-refractivity contribution in [2.75, 3.05) is 43.4 Å². The zero-order valence-corrected chi connectivity index (χ0v) is 13.8. The Balaban J connectivity index is 1.58. The molecule has 0 unspecified atom stereocenters. The molecule has 0 saturated carbocycles. The molecule has 0 amide bonds. The van der Waals surface area contributed by atoms with Crippen LogP contribution in [0.4, 0.5) is 17.3 Å². The lowest BCUT2D eigenvalue weighted by Crippen LogP contribution is -2.46. The van der Waals surface area contributed by atoms with E-state index in [9.17, 15) is 10.1 Å². The molecule has 8 nitrogen and oxygen atoms in total. The minimum absolute atomic E-state index is 0.0942. The van der Waals surface area contributed by atoms with Crippen LogP contribution in [0.5, 0.6) is 0 Å². The molecule has 1 aliphatic rings. The first-order chi connectivity index (χ1) is 12.1. The number of hydrogen-bond donors (Lipinski definition) is 1. The highest BCUT2D eigenvalue weighted by Gasteiger charge is 2.27. The number of rotatable bonds is 5. The van der Waals surface area contributed by atoms with Crippen LogP contribution in [-0.2, 0) is 0 Å². The van der Waals surface area contributed by atoms with Crippen molar-refractivity contribution >= 4 is 23.4 Å². The Labute approximate surface area is 145 Å². The highest BCUT2D eigenvalue weighted by Crippen LogP contribution is 2.30. The third-order valence-corrected chi connectivity index (χ3v) is 4.16.